The maximum absolute atomic E-state index is 14.3. The van der Waals surface area contributed by atoms with Crippen LogP contribution in [0.25, 0.3) is 0 Å². The molecule has 3 heterocycles. The Hall–Kier alpha value is -1.92. The fraction of sp³-hybridized carbons (Fsp3) is 0.815. The lowest BCUT2D eigenvalue weighted by Gasteiger charge is -2.38. The number of nitrogens with one attached hydrogen (secondary N) is 3. The molecule has 11 heteroatoms. The number of hydrogen-bond donors (Lipinski definition) is 5. The van der Waals surface area contributed by atoms with Crippen LogP contribution in [0.15, 0.2) is 33.8 Å². The first-order valence-corrected chi connectivity index (χ1v) is 14.4. The number of amides is 1. The molecule has 10 nitrogen and oxygen atoms in total. The quantitative estimate of drug-likeness (QED) is 0.116. The zero-order valence-corrected chi connectivity index (χ0v) is 23.1. The predicted octanol–water partition coefficient (Wildman–Crippen LogP) is 2.49. The first-order valence-electron chi connectivity index (χ1n) is 14.4. The standard InChI is InChI=1S/C27H49FN8O2/c1-3-4-5-19(2)6-7-21(28)16-31-12-8-22(25(29)30)26(37)34-23-17-32-13-9-24(23)36-14-10-20(11-15-36)27-35-33-18-38-27/h20-22,25,27,31-32H,2-18,29-30H2,1H3,(H,34,37). The van der Waals surface area contributed by atoms with Crippen LogP contribution in [-0.2, 0) is 9.53 Å². The van der Waals surface area contributed by atoms with Crippen LogP contribution in [0.3, 0.4) is 0 Å². The van der Waals surface area contributed by atoms with Crippen molar-refractivity contribution in [3.05, 3.63) is 23.5 Å². The Labute approximate surface area is 227 Å². The van der Waals surface area contributed by atoms with E-state index in [1.165, 1.54) is 5.70 Å². The van der Waals surface area contributed by atoms with Gasteiger partial charge in [-0.05, 0) is 51.5 Å². The SMILES string of the molecule is C=C(CCCC)CCC(F)CNCCC(C(=O)NC1=C(N2CCC(C3N=NCO3)CC2)CCNC1)C(N)N. The second-order valence-corrected chi connectivity index (χ2v) is 10.8. The summed E-state index contributed by atoms with van der Waals surface area (Å²) < 4.78 is 19.9. The molecule has 3 unspecified atom stereocenters. The molecule has 3 aliphatic heterocycles. The maximum atomic E-state index is 14.3. The molecule has 1 amide bonds. The van der Waals surface area contributed by atoms with Crippen molar-refractivity contribution in [3.63, 3.8) is 0 Å². The normalized spacial score (nSPS) is 22.2. The van der Waals surface area contributed by atoms with E-state index in [0.29, 0.717) is 45.0 Å². The highest BCUT2D eigenvalue weighted by Crippen LogP contribution is 2.29. The molecular formula is C27H49FN8O2. The number of azo groups is 1. The average molecular weight is 537 g/mol. The molecule has 1 fully saturated rings. The topological polar surface area (TPSA) is 142 Å². The zero-order valence-electron chi connectivity index (χ0n) is 23.1. The third kappa shape index (κ3) is 9.68. The van der Waals surface area contributed by atoms with Gasteiger partial charge in [0.1, 0.15) is 6.17 Å². The van der Waals surface area contributed by atoms with Gasteiger partial charge in [0.15, 0.2) is 13.0 Å². The molecule has 0 saturated carbocycles. The maximum Gasteiger partial charge on any atom is 0.230 e. The van der Waals surface area contributed by atoms with E-state index in [2.05, 4.69) is 44.6 Å². The van der Waals surface area contributed by atoms with Crippen molar-refractivity contribution < 1.29 is 13.9 Å². The highest BCUT2D eigenvalue weighted by molar-refractivity contribution is 5.81. The number of carbonyl (C=O) groups is 1. The Kier molecular flexibility index (Phi) is 13.1. The summed E-state index contributed by atoms with van der Waals surface area (Å²) in [5, 5.41) is 17.8. The molecule has 0 aromatic carbocycles. The highest BCUT2D eigenvalue weighted by Gasteiger charge is 2.32. The number of nitrogens with zero attached hydrogens (tertiary/aromatic N) is 3. The third-order valence-electron chi connectivity index (χ3n) is 7.78. The van der Waals surface area contributed by atoms with Gasteiger partial charge in [-0.2, -0.15) is 10.2 Å². The van der Waals surface area contributed by atoms with E-state index < -0.39 is 18.3 Å². The fourth-order valence-electron chi connectivity index (χ4n) is 5.35. The number of allylic oxidation sites excluding steroid dienone is 1. The van der Waals surface area contributed by atoms with Crippen molar-refractivity contribution >= 4 is 5.91 Å². The largest absolute Gasteiger partial charge is 0.373 e. The number of likely N-dealkylation sites (tertiary alicyclic amines) is 1. The second kappa shape index (κ2) is 16.2. The lowest BCUT2D eigenvalue weighted by Crippen LogP contribution is -2.50. The molecule has 38 heavy (non-hydrogen) atoms. The molecule has 0 radical (unpaired) electrons. The van der Waals surface area contributed by atoms with Crippen molar-refractivity contribution in [1.29, 1.82) is 0 Å². The molecule has 3 rings (SSSR count). The number of alkyl halides is 1. The number of hydrogen-bond acceptors (Lipinski definition) is 9. The van der Waals surface area contributed by atoms with Crippen LogP contribution in [0.2, 0.25) is 0 Å². The average Bonchev–Trinajstić information content (AvgIpc) is 3.46. The number of carbonyl (C=O) groups excluding carboxylic acids is 1. The third-order valence-corrected chi connectivity index (χ3v) is 7.78. The summed E-state index contributed by atoms with van der Waals surface area (Å²) in [4.78, 5) is 15.6. The van der Waals surface area contributed by atoms with Gasteiger partial charge in [0, 0.05) is 50.8 Å². The number of halogens is 1. The van der Waals surface area contributed by atoms with Gasteiger partial charge in [-0.15, -0.1) is 0 Å². The van der Waals surface area contributed by atoms with Crippen LogP contribution in [-0.4, -0.2) is 75.4 Å². The minimum atomic E-state index is -0.944. The Bertz CT molecular complexity index is 813. The van der Waals surface area contributed by atoms with E-state index in [-0.39, 0.29) is 18.7 Å². The molecule has 0 spiro atoms. The Morgan fingerprint density at radius 1 is 1.29 bits per heavy atom. The second-order valence-electron chi connectivity index (χ2n) is 10.8. The number of piperidine rings is 1. The predicted molar refractivity (Wildman–Crippen MR) is 147 cm³/mol. The Balaban J connectivity index is 1.45. The van der Waals surface area contributed by atoms with Gasteiger partial charge >= 0.3 is 0 Å². The number of unbranched alkanes of at least 4 members (excludes halogenated alkanes) is 1. The van der Waals surface area contributed by atoms with Gasteiger partial charge in [0.2, 0.25) is 5.91 Å². The van der Waals surface area contributed by atoms with Crippen molar-refractivity contribution in [3.8, 4) is 0 Å². The molecule has 0 bridgehead atoms. The molecule has 216 valence electrons. The van der Waals surface area contributed by atoms with E-state index in [9.17, 15) is 9.18 Å². The van der Waals surface area contributed by atoms with E-state index in [1.807, 2.05) is 0 Å². The van der Waals surface area contributed by atoms with Crippen molar-refractivity contribution in [2.24, 2.45) is 33.5 Å². The van der Waals surface area contributed by atoms with Gasteiger partial charge < -0.3 is 37.1 Å². The molecular weight excluding hydrogens is 487 g/mol. The first-order chi connectivity index (χ1) is 18.4. The first kappa shape index (κ1) is 30.6. The number of rotatable bonds is 16. The molecule has 3 atom stereocenters. The van der Waals surface area contributed by atoms with Gasteiger partial charge in [0.05, 0.1) is 17.8 Å². The summed E-state index contributed by atoms with van der Waals surface area (Å²) in [5.74, 6) is -0.369. The number of nitrogens with two attached hydrogens (primary N) is 2. The summed E-state index contributed by atoms with van der Waals surface area (Å²) in [5.41, 5.74) is 15.2. The minimum absolute atomic E-state index is 0.114. The van der Waals surface area contributed by atoms with Crippen molar-refractivity contribution in [2.45, 2.75) is 83.3 Å². The summed E-state index contributed by atoms with van der Waals surface area (Å²) in [6, 6.07) is 0. The molecule has 0 aromatic heterocycles. The summed E-state index contributed by atoms with van der Waals surface area (Å²) >= 11 is 0. The molecule has 0 aliphatic carbocycles. The number of ether oxygens (including phenoxy) is 1. The lowest BCUT2D eigenvalue weighted by molar-refractivity contribution is -0.125. The fourth-order valence-corrected chi connectivity index (χ4v) is 5.35. The summed E-state index contributed by atoms with van der Waals surface area (Å²) in [6.45, 7) is 10.5. The molecule has 7 N–H and O–H groups in total. The Morgan fingerprint density at radius 2 is 2.08 bits per heavy atom. The molecule has 1 saturated heterocycles. The van der Waals surface area contributed by atoms with Crippen molar-refractivity contribution in [1.82, 2.24) is 20.9 Å². The van der Waals surface area contributed by atoms with Gasteiger partial charge in [-0.25, -0.2) is 4.39 Å². The Morgan fingerprint density at radius 3 is 2.76 bits per heavy atom. The molecule has 3 aliphatic rings. The van der Waals surface area contributed by atoms with Gasteiger partial charge in [0.25, 0.3) is 0 Å². The van der Waals surface area contributed by atoms with Gasteiger partial charge in [-0.1, -0.05) is 25.5 Å². The van der Waals surface area contributed by atoms with E-state index in [0.717, 1.165) is 69.4 Å². The smallest absolute Gasteiger partial charge is 0.230 e. The van der Waals surface area contributed by atoms with Gasteiger partial charge in [-0.3, -0.25) is 4.79 Å². The van der Waals surface area contributed by atoms with Crippen molar-refractivity contribution in [2.75, 3.05) is 46.0 Å². The van der Waals surface area contributed by atoms with Crippen LogP contribution in [0.4, 0.5) is 4.39 Å². The van der Waals surface area contributed by atoms with Crippen LogP contribution in [0.1, 0.15) is 64.7 Å². The van der Waals surface area contributed by atoms with E-state index in [1.54, 1.807) is 0 Å². The summed E-state index contributed by atoms with van der Waals surface area (Å²) in [6.07, 6.45) is 5.77. The minimum Gasteiger partial charge on any atom is -0.373 e. The van der Waals surface area contributed by atoms with Crippen LogP contribution >= 0.6 is 0 Å². The lowest BCUT2D eigenvalue weighted by atomic mass is 9.94. The monoisotopic (exact) mass is 536 g/mol. The zero-order chi connectivity index (χ0) is 27.3. The van der Waals surface area contributed by atoms with E-state index in [4.69, 9.17) is 16.2 Å². The molecule has 0 aromatic rings. The highest BCUT2D eigenvalue weighted by atomic mass is 19.1. The van der Waals surface area contributed by atoms with Crippen LogP contribution in [0, 0.1) is 11.8 Å². The summed E-state index contributed by atoms with van der Waals surface area (Å²) in [7, 11) is 0. The van der Waals surface area contributed by atoms with E-state index >= 15 is 0 Å². The van der Waals surface area contributed by atoms with Crippen LogP contribution in [0.5, 0.6) is 0 Å². The van der Waals surface area contributed by atoms with Crippen LogP contribution < -0.4 is 27.4 Å².